The SMILES string of the molecule is C=C(Cl)CNC(=O)C(C)(C)O. The van der Waals surface area contributed by atoms with Crippen LogP contribution in [0.1, 0.15) is 13.8 Å². The minimum Gasteiger partial charge on any atom is -0.381 e. The van der Waals surface area contributed by atoms with Crippen molar-refractivity contribution in [1.29, 1.82) is 0 Å². The van der Waals surface area contributed by atoms with Crippen LogP contribution in [0.5, 0.6) is 0 Å². The van der Waals surface area contributed by atoms with Crippen LogP contribution in [-0.2, 0) is 4.79 Å². The summed E-state index contributed by atoms with van der Waals surface area (Å²) in [5.41, 5.74) is -1.35. The van der Waals surface area contributed by atoms with Crippen molar-refractivity contribution in [3.8, 4) is 0 Å². The molecule has 0 unspecified atom stereocenters. The fourth-order valence-electron chi connectivity index (χ4n) is 0.392. The molecule has 0 aromatic rings. The van der Waals surface area contributed by atoms with Crippen LogP contribution in [0.4, 0.5) is 0 Å². The summed E-state index contributed by atoms with van der Waals surface area (Å²) in [6.07, 6.45) is 0. The van der Waals surface area contributed by atoms with Gasteiger partial charge in [0.25, 0.3) is 5.91 Å². The monoisotopic (exact) mass is 177 g/mol. The van der Waals surface area contributed by atoms with E-state index in [1.165, 1.54) is 13.8 Å². The molecule has 3 nitrogen and oxygen atoms in total. The second-order valence-electron chi connectivity index (χ2n) is 2.76. The van der Waals surface area contributed by atoms with Gasteiger partial charge >= 0.3 is 0 Å². The predicted molar refractivity (Wildman–Crippen MR) is 44.3 cm³/mol. The van der Waals surface area contributed by atoms with Crippen molar-refractivity contribution in [2.75, 3.05) is 6.54 Å². The van der Waals surface area contributed by atoms with Crippen LogP contribution in [0.15, 0.2) is 11.6 Å². The molecule has 0 aromatic carbocycles. The number of halogens is 1. The van der Waals surface area contributed by atoms with Crippen molar-refractivity contribution in [3.05, 3.63) is 11.6 Å². The van der Waals surface area contributed by atoms with Gasteiger partial charge in [0.1, 0.15) is 5.60 Å². The number of carbonyl (C=O) groups is 1. The van der Waals surface area contributed by atoms with Gasteiger partial charge in [-0.3, -0.25) is 4.79 Å². The lowest BCUT2D eigenvalue weighted by Gasteiger charge is -2.15. The third-order valence-corrected chi connectivity index (χ3v) is 1.13. The van der Waals surface area contributed by atoms with Gasteiger partial charge in [0.15, 0.2) is 0 Å². The molecule has 0 saturated carbocycles. The molecule has 0 atom stereocenters. The first-order chi connectivity index (χ1) is 4.84. The van der Waals surface area contributed by atoms with Gasteiger partial charge in [-0.15, -0.1) is 0 Å². The highest BCUT2D eigenvalue weighted by molar-refractivity contribution is 6.29. The van der Waals surface area contributed by atoms with Crippen LogP contribution in [0, 0.1) is 0 Å². The molecule has 1 amide bonds. The highest BCUT2D eigenvalue weighted by Gasteiger charge is 2.22. The Morgan fingerprint density at radius 3 is 2.45 bits per heavy atom. The molecule has 0 heterocycles. The van der Waals surface area contributed by atoms with Crippen LogP contribution in [0.25, 0.3) is 0 Å². The minimum absolute atomic E-state index is 0.185. The highest BCUT2D eigenvalue weighted by Crippen LogP contribution is 2.01. The summed E-state index contributed by atoms with van der Waals surface area (Å²) in [4.78, 5) is 10.9. The van der Waals surface area contributed by atoms with Crippen LogP contribution in [0.2, 0.25) is 0 Å². The fraction of sp³-hybridized carbons (Fsp3) is 0.571. The summed E-state index contributed by atoms with van der Waals surface area (Å²) in [6, 6.07) is 0. The highest BCUT2D eigenvalue weighted by atomic mass is 35.5. The topological polar surface area (TPSA) is 49.3 Å². The smallest absolute Gasteiger partial charge is 0.251 e. The zero-order valence-corrected chi connectivity index (χ0v) is 7.40. The van der Waals surface area contributed by atoms with E-state index >= 15 is 0 Å². The van der Waals surface area contributed by atoms with E-state index in [-0.39, 0.29) is 6.54 Å². The Bertz CT molecular complexity index is 172. The number of aliphatic hydroxyl groups is 1. The molecule has 0 aliphatic carbocycles. The Morgan fingerprint density at radius 2 is 2.18 bits per heavy atom. The molecular formula is C7H12ClNO2. The second-order valence-corrected chi connectivity index (χ2v) is 3.29. The van der Waals surface area contributed by atoms with Crippen molar-refractivity contribution >= 4 is 17.5 Å². The van der Waals surface area contributed by atoms with E-state index < -0.39 is 11.5 Å². The third kappa shape index (κ3) is 4.81. The lowest BCUT2D eigenvalue weighted by atomic mass is 10.1. The standard InChI is InChI=1S/C7H12ClNO2/c1-5(8)4-9-6(10)7(2,3)11/h11H,1,4H2,2-3H3,(H,9,10). The lowest BCUT2D eigenvalue weighted by molar-refractivity contribution is -0.136. The Kier molecular flexibility index (Phi) is 3.55. The zero-order chi connectivity index (χ0) is 9.07. The van der Waals surface area contributed by atoms with Crippen LogP contribution in [0.3, 0.4) is 0 Å². The molecule has 0 bridgehead atoms. The first kappa shape index (κ1) is 10.5. The molecule has 0 aliphatic heterocycles. The second kappa shape index (κ2) is 3.74. The number of amides is 1. The normalized spacial score (nSPS) is 10.9. The van der Waals surface area contributed by atoms with Crippen LogP contribution < -0.4 is 5.32 Å². The van der Waals surface area contributed by atoms with Crippen molar-refractivity contribution in [1.82, 2.24) is 5.32 Å². The molecule has 0 fully saturated rings. The first-order valence-corrected chi connectivity index (χ1v) is 3.56. The molecule has 0 spiro atoms. The molecule has 0 aromatic heterocycles. The van der Waals surface area contributed by atoms with Crippen LogP contribution >= 0.6 is 11.6 Å². The van der Waals surface area contributed by atoms with E-state index in [9.17, 15) is 4.79 Å². The lowest BCUT2D eigenvalue weighted by Crippen LogP contribution is -2.42. The van der Waals surface area contributed by atoms with Crippen molar-refractivity contribution < 1.29 is 9.90 Å². The van der Waals surface area contributed by atoms with Crippen molar-refractivity contribution in [3.63, 3.8) is 0 Å². The largest absolute Gasteiger partial charge is 0.381 e. The van der Waals surface area contributed by atoms with Gasteiger partial charge in [-0.1, -0.05) is 18.2 Å². The van der Waals surface area contributed by atoms with Gasteiger partial charge in [0.05, 0.1) is 6.54 Å². The zero-order valence-electron chi connectivity index (χ0n) is 6.65. The quantitative estimate of drug-likeness (QED) is 0.664. The molecule has 0 aliphatic rings. The van der Waals surface area contributed by atoms with E-state index in [2.05, 4.69) is 11.9 Å². The Labute approximate surface area is 71.0 Å². The molecule has 11 heavy (non-hydrogen) atoms. The van der Waals surface area contributed by atoms with Gasteiger partial charge in [-0.05, 0) is 13.8 Å². The van der Waals surface area contributed by atoms with Crippen molar-refractivity contribution in [2.45, 2.75) is 19.4 Å². The number of hydrogen-bond donors (Lipinski definition) is 2. The van der Waals surface area contributed by atoms with Gasteiger partial charge in [0.2, 0.25) is 0 Å². The molecule has 4 heteroatoms. The first-order valence-electron chi connectivity index (χ1n) is 3.18. The van der Waals surface area contributed by atoms with E-state index in [4.69, 9.17) is 16.7 Å². The van der Waals surface area contributed by atoms with E-state index in [0.717, 1.165) is 0 Å². The number of rotatable bonds is 3. The Morgan fingerprint density at radius 1 is 1.73 bits per heavy atom. The van der Waals surface area contributed by atoms with E-state index in [0.29, 0.717) is 5.03 Å². The Balaban J connectivity index is 3.80. The van der Waals surface area contributed by atoms with E-state index in [1.54, 1.807) is 0 Å². The van der Waals surface area contributed by atoms with Gasteiger partial charge in [-0.2, -0.15) is 0 Å². The average Bonchev–Trinajstić information content (AvgIpc) is 1.80. The minimum atomic E-state index is -1.35. The third-order valence-electron chi connectivity index (χ3n) is 0.996. The number of hydrogen-bond acceptors (Lipinski definition) is 2. The molecule has 64 valence electrons. The molecule has 0 rings (SSSR count). The maximum atomic E-state index is 10.9. The summed E-state index contributed by atoms with van der Waals surface area (Å²) < 4.78 is 0. The Hall–Kier alpha value is -0.540. The summed E-state index contributed by atoms with van der Waals surface area (Å²) in [6.45, 7) is 6.37. The van der Waals surface area contributed by atoms with Crippen molar-refractivity contribution in [2.24, 2.45) is 0 Å². The van der Waals surface area contributed by atoms with Gasteiger partial charge in [0, 0.05) is 5.03 Å². The van der Waals surface area contributed by atoms with Gasteiger partial charge < -0.3 is 10.4 Å². The number of carbonyl (C=O) groups excluding carboxylic acids is 1. The fourth-order valence-corrected chi connectivity index (χ4v) is 0.459. The average molecular weight is 178 g/mol. The molecule has 2 N–H and O–H groups in total. The predicted octanol–water partition coefficient (Wildman–Crippen LogP) is 0.626. The maximum Gasteiger partial charge on any atom is 0.251 e. The van der Waals surface area contributed by atoms with Gasteiger partial charge in [-0.25, -0.2) is 0 Å². The van der Waals surface area contributed by atoms with E-state index in [1.807, 2.05) is 0 Å². The van der Waals surface area contributed by atoms with Crippen LogP contribution in [-0.4, -0.2) is 23.2 Å². The summed E-state index contributed by atoms with van der Waals surface area (Å²) in [5.74, 6) is -0.459. The number of nitrogens with one attached hydrogen (secondary N) is 1. The molecule has 0 saturated heterocycles. The summed E-state index contributed by atoms with van der Waals surface area (Å²) in [5, 5.41) is 11.9. The summed E-state index contributed by atoms with van der Waals surface area (Å²) in [7, 11) is 0. The maximum absolute atomic E-state index is 10.9. The summed E-state index contributed by atoms with van der Waals surface area (Å²) >= 11 is 5.38. The molecular weight excluding hydrogens is 166 g/mol. The molecule has 0 radical (unpaired) electrons.